The highest BCUT2D eigenvalue weighted by molar-refractivity contribution is 5.98. The van der Waals surface area contributed by atoms with Crippen LogP contribution in [0.5, 0.6) is 0 Å². The van der Waals surface area contributed by atoms with E-state index in [1.807, 2.05) is 19.2 Å². The maximum absolute atomic E-state index is 11.2. The Morgan fingerprint density at radius 1 is 0.655 bits per heavy atom. The Kier molecular flexibility index (Phi) is 10.1. The molecule has 0 radical (unpaired) electrons. The number of nitrogens with zero attached hydrogens (tertiary/aromatic N) is 7. The molecule has 0 amide bonds. The van der Waals surface area contributed by atoms with E-state index in [1.165, 1.54) is 59.2 Å². The summed E-state index contributed by atoms with van der Waals surface area (Å²) in [4.78, 5) is 34.7. The Morgan fingerprint density at radius 3 is 1.81 bits per heavy atom. The number of rotatable bonds is 8. The first-order chi connectivity index (χ1) is 28.4. The number of fused-ring (bicyclic) bond motifs is 4. The lowest BCUT2D eigenvalue weighted by atomic mass is 10.0. The maximum Gasteiger partial charge on any atom is 0.247 e. The second kappa shape index (κ2) is 16.0. The third-order valence-electron chi connectivity index (χ3n) is 11.4. The van der Waals surface area contributed by atoms with Gasteiger partial charge in [-0.05, 0) is 102 Å². The number of aromatic nitrogens is 7. The van der Waals surface area contributed by atoms with Gasteiger partial charge in [-0.25, -0.2) is 0 Å². The Labute approximate surface area is 336 Å². The van der Waals surface area contributed by atoms with Crippen LogP contribution < -0.4 is 16.2 Å². The number of likely N-dealkylation sites (tertiary alicyclic amines) is 1. The molecule has 3 N–H and O–H groups in total. The molecule has 11 nitrogen and oxygen atoms in total. The minimum absolute atomic E-state index is 0.104. The number of aryl methyl sites for hydroxylation is 2. The van der Waals surface area contributed by atoms with Crippen molar-refractivity contribution in [1.29, 1.82) is 0 Å². The molecule has 4 aromatic carbocycles. The molecular weight excluding hydrogens is 721 g/mol. The number of hydrogen-bond donors (Lipinski definition) is 3. The smallest absolute Gasteiger partial charge is 0.247 e. The molecule has 0 bridgehead atoms. The Balaban J connectivity index is 0.000000150. The van der Waals surface area contributed by atoms with Crippen molar-refractivity contribution in [2.75, 3.05) is 30.8 Å². The Hall–Kier alpha value is -6.85. The fourth-order valence-corrected chi connectivity index (χ4v) is 8.05. The van der Waals surface area contributed by atoms with E-state index >= 15 is 0 Å². The van der Waals surface area contributed by atoms with Gasteiger partial charge in [-0.1, -0.05) is 36.8 Å². The first-order valence-corrected chi connectivity index (χ1v) is 19.8. The highest BCUT2D eigenvalue weighted by Gasteiger charge is 2.19. The van der Waals surface area contributed by atoms with Crippen LogP contribution in [0.25, 0.3) is 66.1 Å². The van der Waals surface area contributed by atoms with Crippen LogP contribution in [0.3, 0.4) is 0 Å². The van der Waals surface area contributed by atoms with Gasteiger partial charge >= 0.3 is 0 Å². The molecule has 9 aromatic rings. The lowest BCUT2D eigenvalue weighted by Crippen LogP contribution is -2.40. The van der Waals surface area contributed by atoms with Crippen molar-refractivity contribution in [2.45, 2.75) is 31.8 Å². The summed E-state index contributed by atoms with van der Waals surface area (Å²) in [7, 11) is 6.37. The maximum atomic E-state index is 11.2. The predicted octanol–water partition coefficient (Wildman–Crippen LogP) is 8.77. The molecule has 11 heteroatoms. The van der Waals surface area contributed by atoms with Crippen molar-refractivity contribution in [3.63, 3.8) is 0 Å². The summed E-state index contributed by atoms with van der Waals surface area (Å²) < 4.78 is 4.28. The number of likely N-dealkylation sites (N-methyl/N-ethyl adjacent to an activating group) is 1. The average Bonchev–Trinajstić information content (AvgIpc) is 3.83. The number of hydrogen-bond acceptors (Lipinski definition) is 8. The number of H-pyrrole nitrogens is 1. The second-order valence-corrected chi connectivity index (χ2v) is 15.2. The fourth-order valence-electron chi connectivity index (χ4n) is 8.05. The van der Waals surface area contributed by atoms with E-state index in [0.29, 0.717) is 12.6 Å². The van der Waals surface area contributed by atoms with Gasteiger partial charge in [0.2, 0.25) is 5.56 Å². The van der Waals surface area contributed by atoms with E-state index in [2.05, 4.69) is 143 Å². The highest BCUT2D eigenvalue weighted by atomic mass is 16.1. The van der Waals surface area contributed by atoms with Gasteiger partial charge in [-0.15, -0.1) is 0 Å². The number of nitrogens with one attached hydrogen (secondary N) is 3. The summed E-state index contributed by atoms with van der Waals surface area (Å²) in [5.41, 5.74) is 13.3. The molecule has 1 aliphatic rings. The molecule has 1 saturated heterocycles. The molecular formula is C47H46N10O. The highest BCUT2D eigenvalue weighted by Crippen LogP contribution is 2.34. The minimum Gasteiger partial charge on any atom is -0.383 e. The quantitative estimate of drug-likeness (QED) is 0.140. The lowest BCUT2D eigenvalue weighted by Gasteiger charge is -2.32. The van der Waals surface area contributed by atoms with Gasteiger partial charge < -0.3 is 29.7 Å². The van der Waals surface area contributed by atoms with Crippen LogP contribution in [-0.2, 0) is 20.6 Å². The van der Waals surface area contributed by atoms with Gasteiger partial charge in [-0.3, -0.25) is 24.7 Å². The summed E-state index contributed by atoms with van der Waals surface area (Å²) in [6.07, 6.45) is 16.8. The van der Waals surface area contributed by atoms with Crippen molar-refractivity contribution in [3.8, 4) is 22.3 Å². The molecule has 5 aromatic heterocycles. The van der Waals surface area contributed by atoms with E-state index in [-0.39, 0.29) is 5.56 Å². The van der Waals surface area contributed by atoms with Gasteiger partial charge in [0.25, 0.3) is 0 Å². The van der Waals surface area contributed by atoms with Crippen molar-refractivity contribution in [1.82, 2.24) is 39.0 Å². The number of benzene rings is 4. The predicted molar refractivity (Wildman–Crippen MR) is 236 cm³/mol. The molecule has 58 heavy (non-hydrogen) atoms. The van der Waals surface area contributed by atoms with Crippen LogP contribution in [0.15, 0.2) is 133 Å². The van der Waals surface area contributed by atoms with Crippen molar-refractivity contribution >= 4 is 55.2 Å². The molecule has 10 rings (SSSR count). The fraction of sp³-hybridized carbons (Fsp3) is 0.213. The van der Waals surface area contributed by atoms with Gasteiger partial charge in [0.05, 0.1) is 22.1 Å². The minimum atomic E-state index is -0.104. The van der Waals surface area contributed by atoms with Crippen molar-refractivity contribution in [3.05, 3.63) is 144 Å². The molecule has 1 fully saturated rings. The number of anilines is 2. The molecule has 1 aliphatic heterocycles. The zero-order valence-corrected chi connectivity index (χ0v) is 33.0. The number of aromatic amines is 1. The monoisotopic (exact) mass is 766 g/mol. The summed E-state index contributed by atoms with van der Waals surface area (Å²) >= 11 is 0. The summed E-state index contributed by atoms with van der Waals surface area (Å²) in [6.45, 7) is 2.74. The number of piperidine rings is 1. The molecule has 0 aliphatic carbocycles. The summed E-state index contributed by atoms with van der Waals surface area (Å²) in [5, 5.41) is 9.57. The first-order valence-electron chi connectivity index (χ1n) is 19.8. The zero-order valence-electron chi connectivity index (χ0n) is 33.0. The van der Waals surface area contributed by atoms with E-state index in [1.54, 1.807) is 31.0 Å². The van der Waals surface area contributed by atoms with Gasteiger partial charge in [0, 0.05) is 116 Å². The summed E-state index contributed by atoms with van der Waals surface area (Å²) in [6, 6.07) is 29.7. The standard InChI is InChI=1S/C24H27N5.C23H19N5O/c1-28-11-4-3-5-20(28)16-27-19-14-21(24-22(15-19)25-9-10-26-24)18-7-6-17-8-12-29(2)23(17)13-18;1-28-9-6-16-3-4-17(10-21(16)28)19-11-18(12-20-23(19)25-8-7-24-20)26-13-15-2-5-22(29)27-14-15/h6-10,12-15,20,27H,3-5,11,16H2,1-2H3;2-12,14,26H,13H2,1H3,(H,27,29). The normalized spacial score (nSPS) is 14.5. The van der Waals surface area contributed by atoms with Gasteiger partial charge in [0.15, 0.2) is 0 Å². The zero-order chi connectivity index (χ0) is 39.6. The van der Waals surface area contributed by atoms with Gasteiger partial charge in [-0.2, -0.15) is 0 Å². The second-order valence-electron chi connectivity index (χ2n) is 15.2. The van der Waals surface area contributed by atoms with Crippen LogP contribution in [0.2, 0.25) is 0 Å². The molecule has 0 saturated carbocycles. The van der Waals surface area contributed by atoms with E-state index < -0.39 is 0 Å². The van der Waals surface area contributed by atoms with Crippen LogP contribution in [0.4, 0.5) is 11.4 Å². The SMILES string of the molecule is CN1CCCCC1CNc1cc(-c2ccc3ccn(C)c3c2)c2nccnc2c1.Cn1ccc2ccc(-c3cc(NCc4ccc(=O)[nH]c4)cc4nccnc34)cc21. The van der Waals surface area contributed by atoms with E-state index in [0.717, 1.165) is 62.2 Å². The molecule has 1 unspecified atom stereocenters. The summed E-state index contributed by atoms with van der Waals surface area (Å²) in [5.74, 6) is 0. The first kappa shape index (κ1) is 36.8. The van der Waals surface area contributed by atoms with E-state index in [9.17, 15) is 4.79 Å². The largest absolute Gasteiger partial charge is 0.383 e. The molecule has 6 heterocycles. The van der Waals surface area contributed by atoms with Crippen molar-refractivity contribution < 1.29 is 0 Å². The van der Waals surface area contributed by atoms with Gasteiger partial charge in [0.1, 0.15) is 0 Å². The number of pyridine rings is 1. The molecule has 0 spiro atoms. The molecule has 290 valence electrons. The Bertz CT molecular complexity index is 2940. The Morgan fingerprint density at radius 2 is 1.24 bits per heavy atom. The van der Waals surface area contributed by atoms with E-state index in [4.69, 9.17) is 0 Å². The molecule has 1 atom stereocenters. The topological polar surface area (TPSA) is 122 Å². The van der Waals surface area contributed by atoms with Crippen LogP contribution in [0.1, 0.15) is 24.8 Å². The third kappa shape index (κ3) is 7.64. The lowest BCUT2D eigenvalue weighted by molar-refractivity contribution is 0.194. The van der Waals surface area contributed by atoms with Crippen LogP contribution in [-0.4, -0.2) is 65.1 Å². The third-order valence-corrected chi connectivity index (χ3v) is 11.4. The van der Waals surface area contributed by atoms with Crippen LogP contribution >= 0.6 is 0 Å². The van der Waals surface area contributed by atoms with Crippen LogP contribution in [0, 0.1) is 0 Å². The average molecular weight is 767 g/mol. The van der Waals surface area contributed by atoms with Crippen molar-refractivity contribution in [2.24, 2.45) is 14.1 Å².